The van der Waals surface area contributed by atoms with E-state index < -0.39 is 12.0 Å². The predicted molar refractivity (Wildman–Crippen MR) is 50.1 cm³/mol. The molecule has 0 spiro atoms. The molecule has 0 rings (SSSR count). The molecule has 0 saturated heterocycles. The highest BCUT2D eigenvalue weighted by Crippen LogP contribution is 2.03. The third kappa shape index (κ3) is 6.54. The SMILES string of the molecule is CC(C)CCCOC(=O)[C@H](N)CO. The molecule has 0 unspecified atom stereocenters. The van der Waals surface area contributed by atoms with Crippen LogP contribution in [-0.2, 0) is 9.53 Å². The van der Waals surface area contributed by atoms with Gasteiger partial charge in [0.2, 0.25) is 0 Å². The molecular weight excluding hydrogens is 170 g/mol. The minimum Gasteiger partial charge on any atom is -0.464 e. The van der Waals surface area contributed by atoms with E-state index in [1.54, 1.807) is 0 Å². The molecule has 3 N–H and O–H groups in total. The zero-order chi connectivity index (χ0) is 10.3. The summed E-state index contributed by atoms with van der Waals surface area (Å²) in [6.07, 6.45) is 1.88. The number of carbonyl (C=O) groups excluding carboxylic acids is 1. The van der Waals surface area contributed by atoms with Crippen molar-refractivity contribution in [1.29, 1.82) is 0 Å². The lowest BCUT2D eigenvalue weighted by molar-refractivity contribution is -0.146. The maximum atomic E-state index is 10.9. The Morgan fingerprint density at radius 1 is 1.54 bits per heavy atom. The van der Waals surface area contributed by atoms with Gasteiger partial charge in [-0.25, -0.2) is 0 Å². The maximum Gasteiger partial charge on any atom is 0.325 e. The summed E-state index contributed by atoms with van der Waals surface area (Å²) in [6, 6.07) is -0.890. The Balaban J connectivity index is 3.37. The van der Waals surface area contributed by atoms with E-state index in [2.05, 4.69) is 13.8 Å². The molecule has 0 saturated carbocycles. The molecule has 1 atom stereocenters. The molecule has 0 fully saturated rings. The molecule has 0 heterocycles. The van der Waals surface area contributed by atoms with E-state index in [1.165, 1.54) is 0 Å². The van der Waals surface area contributed by atoms with E-state index in [0.717, 1.165) is 12.8 Å². The van der Waals surface area contributed by atoms with Gasteiger partial charge in [-0.3, -0.25) is 4.79 Å². The monoisotopic (exact) mass is 189 g/mol. The first-order valence-electron chi connectivity index (χ1n) is 4.61. The second kappa shape index (κ2) is 6.86. The van der Waals surface area contributed by atoms with Gasteiger partial charge in [0.05, 0.1) is 13.2 Å². The van der Waals surface area contributed by atoms with Crippen LogP contribution in [0.3, 0.4) is 0 Å². The highest BCUT2D eigenvalue weighted by Gasteiger charge is 2.12. The van der Waals surface area contributed by atoms with E-state index in [4.69, 9.17) is 15.6 Å². The number of rotatable bonds is 6. The minimum absolute atomic E-state index is 0.358. The second-order valence-electron chi connectivity index (χ2n) is 3.49. The van der Waals surface area contributed by atoms with Gasteiger partial charge in [0.25, 0.3) is 0 Å². The van der Waals surface area contributed by atoms with E-state index in [9.17, 15) is 4.79 Å². The molecule has 0 aliphatic rings. The highest BCUT2D eigenvalue weighted by atomic mass is 16.5. The van der Waals surface area contributed by atoms with Crippen molar-refractivity contribution in [2.45, 2.75) is 32.7 Å². The first kappa shape index (κ1) is 12.4. The Morgan fingerprint density at radius 3 is 2.62 bits per heavy atom. The standard InChI is InChI=1S/C9H19NO3/c1-7(2)4-3-5-13-9(12)8(10)6-11/h7-8,11H,3-6,10H2,1-2H3/t8-/m1/s1. The van der Waals surface area contributed by atoms with Gasteiger partial charge >= 0.3 is 5.97 Å². The zero-order valence-corrected chi connectivity index (χ0v) is 8.32. The highest BCUT2D eigenvalue weighted by molar-refractivity contribution is 5.75. The maximum absolute atomic E-state index is 10.9. The fraction of sp³-hybridized carbons (Fsp3) is 0.889. The van der Waals surface area contributed by atoms with Crippen molar-refractivity contribution in [1.82, 2.24) is 0 Å². The molecule has 0 aromatic rings. The number of hydrogen-bond acceptors (Lipinski definition) is 4. The lowest BCUT2D eigenvalue weighted by Gasteiger charge is -2.09. The summed E-state index contributed by atoms with van der Waals surface area (Å²) >= 11 is 0. The number of aliphatic hydroxyl groups is 1. The number of esters is 1. The van der Waals surface area contributed by atoms with Crippen LogP contribution in [0.5, 0.6) is 0 Å². The fourth-order valence-corrected chi connectivity index (χ4v) is 0.846. The molecule has 0 aliphatic heterocycles. The number of ether oxygens (including phenoxy) is 1. The van der Waals surface area contributed by atoms with Gasteiger partial charge in [-0.1, -0.05) is 13.8 Å². The van der Waals surface area contributed by atoms with Crippen molar-refractivity contribution in [2.75, 3.05) is 13.2 Å². The minimum atomic E-state index is -0.890. The molecular formula is C9H19NO3. The van der Waals surface area contributed by atoms with Gasteiger partial charge in [-0.05, 0) is 18.8 Å². The molecule has 0 aliphatic carbocycles. The van der Waals surface area contributed by atoms with Crippen LogP contribution in [0, 0.1) is 5.92 Å². The molecule has 78 valence electrons. The molecule has 4 nitrogen and oxygen atoms in total. The average molecular weight is 189 g/mol. The predicted octanol–water partition coefficient (Wildman–Crippen LogP) is 0.285. The third-order valence-electron chi connectivity index (χ3n) is 1.67. The molecule has 13 heavy (non-hydrogen) atoms. The van der Waals surface area contributed by atoms with Crippen molar-refractivity contribution >= 4 is 5.97 Å². The van der Waals surface area contributed by atoms with Crippen molar-refractivity contribution in [2.24, 2.45) is 11.7 Å². The normalized spacial score (nSPS) is 13.0. The van der Waals surface area contributed by atoms with Crippen molar-refractivity contribution < 1.29 is 14.6 Å². The molecule has 4 heteroatoms. The van der Waals surface area contributed by atoms with Crippen LogP contribution in [0.4, 0.5) is 0 Å². The van der Waals surface area contributed by atoms with E-state index in [0.29, 0.717) is 12.5 Å². The number of nitrogens with two attached hydrogens (primary N) is 1. The van der Waals surface area contributed by atoms with Crippen LogP contribution in [0.15, 0.2) is 0 Å². The topological polar surface area (TPSA) is 72.5 Å². The smallest absolute Gasteiger partial charge is 0.325 e. The summed E-state index contributed by atoms with van der Waals surface area (Å²) < 4.78 is 4.82. The molecule has 0 bridgehead atoms. The van der Waals surface area contributed by atoms with Crippen LogP contribution in [-0.4, -0.2) is 30.3 Å². The molecule has 0 aromatic carbocycles. The summed E-state index contributed by atoms with van der Waals surface area (Å²) in [5.74, 6) is 0.0940. The van der Waals surface area contributed by atoms with Crippen LogP contribution >= 0.6 is 0 Å². The second-order valence-corrected chi connectivity index (χ2v) is 3.49. The Labute approximate surface area is 79.1 Å². The van der Waals surface area contributed by atoms with Crippen molar-refractivity contribution in [3.8, 4) is 0 Å². The zero-order valence-electron chi connectivity index (χ0n) is 8.32. The van der Waals surface area contributed by atoms with Crippen LogP contribution in [0.2, 0.25) is 0 Å². The molecule has 0 amide bonds. The summed E-state index contributed by atoms with van der Waals surface area (Å²) in [7, 11) is 0. The average Bonchev–Trinajstić information content (AvgIpc) is 2.10. The van der Waals surface area contributed by atoms with Gasteiger partial charge in [-0.15, -0.1) is 0 Å². The first-order chi connectivity index (χ1) is 6.07. The van der Waals surface area contributed by atoms with Gasteiger partial charge in [-0.2, -0.15) is 0 Å². The lowest BCUT2D eigenvalue weighted by Crippen LogP contribution is -2.35. The fourth-order valence-electron chi connectivity index (χ4n) is 0.846. The number of carbonyl (C=O) groups is 1. The van der Waals surface area contributed by atoms with Gasteiger partial charge < -0.3 is 15.6 Å². The van der Waals surface area contributed by atoms with Crippen molar-refractivity contribution in [3.05, 3.63) is 0 Å². The van der Waals surface area contributed by atoms with E-state index >= 15 is 0 Å². The van der Waals surface area contributed by atoms with Gasteiger partial charge in [0.1, 0.15) is 6.04 Å². The third-order valence-corrected chi connectivity index (χ3v) is 1.67. The Kier molecular flexibility index (Phi) is 6.54. The molecule has 0 radical (unpaired) electrons. The Bertz CT molecular complexity index is 148. The summed E-state index contributed by atoms with van der Waals surface area (Å²) in [5, 5.41) is 8.52. The van der Waals surface area contributed by atoms with Crippen LogP contribution < -0.4 is 5.73 Å². The summed E-state index contributed by atoms with van der Waals surface area (Å²) in [5.41, 5.74) is 5.23. The molecule has 0 aromatic heterocycles. The first-order valence-corrected chi connectivity index (χ1v) is 4.61. The van der Waals surface area contributed by atoms with E-state index in [-0.39, 0.29) is 6.61 Å². The summed E-state index contributed by atoms with van der Waals surface area (Å²) in [4.78, 5) is 10.9. The summed E-state index contributed by atoms with van der Waals surface area (Å²) in [6.45, 7) is 4.26. The van der Waals surface area contributed by atoms with Crippen LogP contribution in [0.1, 0.15) is 26.7 Å². The van der Waals surface area contributed by atoms with Gasteiger partial charge in [0, 0.05) is 0 Å². The largest absolute Gasteiger partial charge is 0.464 e. The quantitative estimate of drug-likeness (QED) is 0.465. The lowest BCUT2D eigenvalue weighted by atomic mass is 10.1. The van der Waals surface area contributed by atoms with E-state index in [1.807, 2.05) is 0 Å². The van der Waals surface area contributed by atoms with Crippen LogP contribution in [0.25, 0.3) is 0 Å². The number of aliphatic hydroxyl groups excluding tert-OH is 1. The Hall–Kier alpha value is -0.610. The van der Waals surface area contributed by atoms with Crippen molar-refractivity contribution in [3.63, 3.8) is 0 Å². The van der Waals surface area contributed by atoms with Gasteiger partial charge in [0.15, 0.2) is 0 Å². The Morgan fingerprint density at radius 2 is 2.15 bits per heavy atom. The number of hydrogen-bond donors (Lipinski definition) is 2.